The van der Waals surface area contributed by atoms with Crippen molar-refractivity contribution in [3.8, 4) is 5.75 Å². The maximum absolute atomic E-state index is 5.21. The Morgan fingerprint density at radius 2 is 1.79 bits per heavy atom. The van der Waals surface area contributed by atoms with E-state index >= 15 is 0 Å². The number of ether oxygens (including phenoxy) is 1. The summed E-state index contributed by atoms with van der Waals surface area (Å²) in [6, 6.07) is 8.46. The van der Waals surface area contributed by atoms with Gasteiger partial charge in [0.25, 0.3) is 0 Å². The van der Waals surface area contributed by atoms with Gasteiger partial charge in [0.15, 0.2) is 0 Å². The zero-order valence-electron chi connectivity index (χ0n) is 12.4. The van der Waals surface area contributed by atoms with Crippen molar-refractivity contribution in [1.82, 2.24) is 10.2 Å². The Hall–Kier alpha value is -1.06. The van der Waals surface area contributed by atoms with Crippen molar-refractivity contribution in [1.29, 1.82) is 0 Å². The van der Waals surface area contributed by atoms with E-state index < -0.39 is 0 Å². The van der Waals surface area contributed by atoms with Crippen LogP contribution in [-0.4, -0.2) is 44.7 Å². The first-order chi connectivity index (χ1) is 9.09. The third-order valence-electron chi connectivity index (χ3n) is 3.70. The fourth-order valence-electron chi connectivity index (χ4n) is 2.83. The van der Waals surface area contributed by atoms with Gasteiger partial charge in [0.2, 0.25) is 0 Å². The maximum atomic E-state index is 5.21. The molecule has 3 nitrogen and oxygen atoms in total. The summed E-state index contributed by atoms with van der Waals surface area (Å²) in [5.74, 6) is 0.934. The number of hydrogen-bond acceptors (Lipinski definition) is 3. The molecule has 2 rings (SSSR count). The number of nitrogens with zero attached hydrogens (tertiary/aromatic N) is 1. The fraction of sp³-hybridized carbons (Fsp3) is 0.625. The van der Waals surface area contributed by atoms with Crippen LogP contribution in [0.5, 0.6) is 5.75 Å². The lowest BCUT2D eigenvalue weighted by atomic mass is 9.85. The molecule has 0 unspecified atom stereocenters. The van der Waals surface area contributed by atoms with Crippen molar-refractivity contribution in [3.05, 3.63) is 29.8 Å². The van der Waals surface area contributed by atoms with Crippen LogP contribution in [0.4, 0.5) is 0 Å². The summed E-state index contributed by atoms with van der Waals surface area (Å²) in [4.78, 5) is 2.57. The normalized spacial score (nSPS) is 17.4. The molecule has 1 fully saturated rings. The number of nitrogens with one attached hydrogen (secondary N) is 1. The van der Waals surface area contributed by atoms with Gasteiger partial charge < -0.3 is 15.0 Å². The predicted octanol–water partition coefficient (Wildman–Crippen LogP) is 2.17. The van der Waals surface area contributed by atoms with Crippen LogP contribution in [0, 0.1) is 5.41 Å². The highest BCUT2D eigenvalue weighted by atomic mass is 16.5. The lowest BCUT2D eigenvalue weighted by Gasteiger charge is -2.35. The van der Waals surface area contributed by atoms with Crippen molar-refractivity contribution >= 4 is 0 Å². The zero-order chi connectivity index (χ0) is 13.7. The molecule has 1 aliphatic rings. The smallest absolute Gasteiger partial charge is 0.118 e. The lowest BCUT2D eigenvalue weighted by molar-refractivity contribution is 0.160. The molecule has 0 aromatic heterocycles. The highest BCUT2D eigenvalue weighted by Crippen LogP contribution is 2.24. The van der Waals surface area contributed by atoms with Gasteiger partial charge in [-0.15, -0.1) is 0 Å². The Labute approximate surface area is 116 Å². The van der Waals surface area contributed by atoms with Gasteiger partial charge in [-0.3, -0.25) is 0 Å². The molecule has 0 saturated carbocycles. The van der Waals surface area contributed by atoms with Gasteiger partial charge in [0.05, 0.1) is 7.11 Å². The average molecular weight is 262 g/mol. The first-order valence-electron chi connectivity index (χ1n) is 7.15. The van der Waals surface area contributed by atoms with Crippen LogP contribution in [0.3, 0.4) is 0 Å². The number of benzene rings is 1. The molecule has 0 radical (unpaired) electrons. The third-order valence-corrected chi connectivity index (χ3v) is 3.70. The van der Waals surface area contributed by atoms with Crippen LogP contribution in [0.25, 0.3) is 0 Å². The van der Waals surface area contributed by atoms with Crippen molar-refractivity contribution in [2.75, 3.05) is 39.8 Å². The van der Waals surface area contributed by atoms with E-state index in [9.17, 15) is 0 Å². The Morgan fingerprint density at radius 1 is 1.16 bits per heavy atom. The molecule has 1 N–H and O–H groups in total. The molecule has 0 amide bonds. The largest absolute Gasteiger partial charge is 0.497 e. The standard InChI is InChI=1S/C16H26N2O/c1-16(2,13-18-10-8-17-9-11-18)12-14-4-6-15(19-3)7-5-14/h4-7,17H,8-13H2,1-3H3. The Balaban J connectivity index is 1.91. The third kappa shape index (κ3) is 4.51. The number of rotatable bonds is 5. The van der Waals surface area contributed by atoms with Crippen LogP contribution in [0.1, 0.15) is 19.4 Å². The van der Waals surface area contributed by atoms with Crippen LogP contribution >= 0.6 is 0 Å². The molecule has 0 bridgehead atoms. The van der Waals surface area contributed by atoms with Crippen molar-refractivity contribution < 1.29 is 4.74 Å². The number of methoxy groups -OCH3 is 1. The lowest BCUT2D eigenvalue weighted by Crippen LogP contribution is -2.47. The Morgan fingerprint density at radius 3 is 2.37 bits per heavy atom. The quantitative estimate of drug-likeness (QED) is 0.880. The first kappa shape index (κ1) is 14.4. The summed E-state index contributed by atoms with van der Waals surface area (Å²) < 4.78 is 5.21. The molecular weight excluding hydrogens is 236 g/mol. The van der Waals surface area contributed by atoms with Gasteiger partial charge >= 0.3 is 0 Å². The molecule has 106 valence electrons. The monoisotopic (exact) mass is 262 g/mol. The van der Waals surface area contributed by atoms with E-state index in [1.807, 2.05) is 0 Å². The molecule has 1 aromatic carbocycles. The molecule has 3 heteroatoms. The van der Waals surface area contributed by atoms with Gasteiger partial charge in [0.1, 0.15) is 5.75 Å². The molecule has 1 aromatic rings. The van der Waals surface area contributed by atoms with Crippen molar-refractivity contribution in [2.24, 2.45) is 5.41 Å². The summed E-state index contributed by atoms with van der Waals surface area (Å²) in [7, 11) is 1.71. The van der Waals surface area contributed by atoms with Gasteiger partial charge in [-0.25, -0.2) is 0 Å². The van der Waals surface area contributed by atoms with E-state index in [1.54, 1.807) is 7.11 Å². The minimum Gasteiger partial charge on any atom is -0.497 e. The maximum Gasteiger partial charge on any atom is 0.118 e. The molecule has 0 spiro atoms. The second-order valence-electron chi connectivity index (χ2n) is 6.22. The van der Waals surface area contributed by atoms with Crippen molar-refractivity contribution in [3.63, 3.8) is 0 Å². The summed E-state index contributed by atoms with van der Waals surface area (Å²) in [5.41, 5.74) is 1.70. The summed E-state index contributed by atoms with van der Waals surface area (Å²) in [5, 5.41) is 3.41. The first-order valence-corrected chi connectivity index (χ1v) is 7.15. The van der Waals surface area contributed by atoms with Crippen LogP contribution in [0.2, 0.25) is 0 Å². The molecule has 1 aliphatic heterocycles. The summed E-state index contributed by atoms with van der Waals surface area (Å²) >= 11 is 0. The Bertz CT molecular complexity index is 380. The molecule has 0 atom stereocenters. The predicted molar refractivity (Wildman–Crippen MR) is 79.8 cm³/mol. The summed E-state index contributed by atoms with van der Waals surface area (Å²) in [6.45, 7) is 10.5. The van der Waals surface area contributed by atoms with Gasteiger partial charge in [0, 0.05) is 32.7 Å². The fourth-order valence-corrected chi connectivity index (χ4v) is 2.83. The van der Waals surface area contributed by atoms with E-state index in [-0.39, 0.29) is 0 Å². The molecular formula is C16H26N2O. The van der Waals surface area contributed by atoms with E-state index in [2.05, 4.69) is 48.3 Å². The highest BCUT2D eigenvalue weighted by Gasteiger charge is 2.23. The number of piperazine rings is 1. The van der Waals surface area contributed by atoms with E-state index in [1.165, 1.54) is 25.2 Å². The van der Waals surface area contributed by atoms with E-state index in [0.717, 1.165) is 25.3 Å². The second-order valence-corrected chi connectivity index (χ2v) is 6.22. The van der Waals surface area contributed by atoms with Crippen molar-refractivity contribution in [2.45, 2.75) is 20.3 Å². The SMILES string of the molecule is COc1ccc(CC(C)(C)CN2CCNCC2)cc1. The van der Waals surface area contributed by atoms with Crippen LogP contribution in [-0.2, 0) is 6.42 Å². The minimum atomic E-state index is 0.311. The zero-order valence-corrected chi connectivity index (χ0v) is 12.4. The molecule has 1 heterocycles. The second kappa shape index (κ2) is 6.40. The topological polar surface area (TPSA) is 24.5 Å². The van der Waals surface area contributed by atoms with E-state index in [0.29, 0.717) is 5.41 Å². The summed E-state index contributed by atoms with van der Waals surface area (Å²) in [6.07, 6.45) is 1.11. The molecule has 1 saturated heterocycles. The van der Waals surface area contributed by atoms with Gasteiger partial charge in [-0.05, 0) is 29.5 Å². The molecule has 0 aliphatic carbocycles. The Kier molecular flexibility index (Phi) is 4.83. The highest BCUT2D eigenvalue weighted by molar-refractivity contribution is 5.27. The van der Waals surface area contributed by atoms with Crippen LogP contribution in [0.15, 0.2) is 24.3 Å². The van der Waals surface area contributed by atoms with Gasteiger partial charge in [-0.1, -0.05) is 26.0 Å². The average Bonchev–Trinajstić information content (AvgIpc) is 2.39. The molecule has 19 heavy (non-hydrogen) atoms. The van der Waals surface area contributed by atoms with Gasteiger partial charge in [-0.2, -0.15) is 0 Å². The van der Waals surface area contributed by atoms with E-state index in [4.69, 9.17) is 4.74 Å². The minimum absolute atomic E-state index is 0.311. The van der Waals surface area contributed by atoms with Crippen LogP contribution < -0.4 is 10.1 Å². The number of hydrogen-bond donors (Lipinski definition) is 1.